The van der Waals surface area contributed by atoms with Crippen molar-refractivity contribution in [2.24, 2.45) is 0 Å². The monoisotopic (exact) mass is 455 g/mol. The highest BCUT2D eigenvalue weighted by Crippen LogP contribution is 2.30. The van der Waals surface area contributed by atoms with Crippen molar-refractivity contribution in [1.29, 1.82) is 0 Å². The third kappa shape index (κ3) is 6.87. The topological polar surface area (TPSA) is 67.2 Å². The Morgan fingerprint density at radius 1 is 1.12 bits per heavy atom. The molecule has 2 aromatic rings. The minimum absolute atomic E-state index is 0.139. The second-order valence-corrected chi connectivity index (χ2v) is 8.83. The van der Waals surface area contributed by atoms with E-state index in [1.54, 1.807) is 6.08 Å². The van der Waals surface area contributed by atoms with Gasteiger partial charge < -0.3 is 20.0 Å². The van der Waals surface area contributed by atoms with Crippen LogP contribution in [-0.2, 0) is 18.7 Å². The molecular weight excluding hydrogens is 421 g/mol. The minimum atomic E-state index is -1.32. The average Bonchev–Trinajstić information content (AvgIpc) is 2.79. The summed E-state index contributed by atoms with van der Waals surface area (Å²) in [6.45, 7) is 8.90. The van der Waals surface area contributed by atoms with Crippen LogP contribution in [0.25, 0.3) is 0 Å². The van der Waals surface area contributed by atoms with Gasteiger partial charge in [-0.3, -0.25) is 4.90 Å². The number of nitrogens with zero attached hydrogens (tertiary/aromatic N) is 3. The number of halogens is 1. The van der Waals surface area contributed by atoms with Crippen LogP contribution >= 0.6 is 0 Å². The van der Waals surface area contributed by atoms with Gasteiger partial charge in [0.1, 0.15) is 5.82 Å². The molecule has 1 amide bonds. The highest BCUT2D eigenvalue weighted by atomic mass is 19.1. The van der Waals surface area contributed by atoms with Crippen molar-refractivity contribution < 1.29 is 19.4 Å². The quantitative estimate of drug-likeness (QED) is 0.532. The molecule has 0 saturated carbocycles. The zero-order chi connectivity index (χ0) is 23.8. The number of hydrogen-bond acceptors (Lipinski definition) is 4. The van der Waals surface area contributed by atoms with Crippen molar-refractivity contribution in [3.05, 3.63) is 83.7 Å². The Morgan fingerprint density at radius 3 is 2.36 bits per heavy atom. The fourth-order valence-corrected chi connectivity index (χ4v) is 4.24. The number of hydrogen-bond donors (Lipinski definition) is 2. The molecular formula is C26H34FN3O3. The maximum atomic E-state index is 13.4. The molecule has 33 heavy (non-hydrogen) atoms. The summed E-state index contributed by atoms with van der Waals surface area (Å²) in [4.78, 5) is 18.1. The molecule has 0 aliphatic carbocycles. The Balaban J connectivity index is 1.71. The van der Waals surface area contributed by atoms with Crippen LogP contribution in [-0.4, -0.2) is 70.8 Å². The first-order chi connectivity index (χ1) is 15.8. The Labute approximate surface area is 195 Å². The smallest absolute Gasteiger partial charge is 0.407 e. The van der Waals surface area contributed by atoms with Crippen LogP contribution in [0, 0.1) is 5.82 Å². The Hall–Kier alpha value is -2.74. The molecule has 1 unspecified atom stereocenters. The van der Waals surface area contributed by atoms with E-state index in [4.69, 9.17) is 0 Å². The summed E-state index contributed by atoms with van der Waals surface area (Å²) in [5.41, 5.74) is 1.31. The Bertz CT molecular complexity index is 929. The lowest BCUT2D eigenvalue weighted by atomic mass is 9.87. The number of likely N-dealkylation sites (N-methyl/N-ethyl adjacent to an activating group) is 1. The van der Waals surface area contributed by atoms with Crippen molar-refractivity contribution in [3.63, 3.8) is 0 Å². The first-order valence-electron chi connectivity index (χ1n) is 11.4. The molecule has 1 aliphatic rings. The van der Waals surface area contributed by atoms with Gasteiger partial charge in [-0.15, -0.1) is 6.58 Å². The van der Waals surface area contributed by atoms with Gasteiger partial charge >= 0.3 is 6.09 Å². The molecule has 0 spiro atoms. The minimum Gasteiger partial charge on any atom is -0.465 e. The molecule has 2 N–H and O–H groups in total. The van der Waals surface area contributed by atoms with Crippen molar-refractivity contribution in [2.75, 3.05) is 39.8 Å². The van der Waals surface area contributed by atoms with Crippen LogP contribution in [0.15, 0.2) is 61.2 Å². The van der Waals surface area contributed by atoms with Crippen molar-refractivity contribution >= 4 is 6.09 Å². The number of piperazine rings is 1. The number of aliphatic hydroxyl groups is 1. The molecule has 0 aromatic heterocycles. The Kier molecular flexibility index (Phi) is 8.61. The number of carboxylic acid groups (broad SMARTS) is 1. The van der Waals surface area contributed by atoms with Gasteiger partial charge in [0.25, 0.3) is 0 Å². The molecule has 178 valence electrons. The normalized spacial score (nSPS) is 16.8. The zero-order valence-corrected chi connectivity index (χ0v) is 19.3. The lowest BCUT2D eigenvalue weighted by Crippen LogP contribution is -2.44. The number of carbonyl (C=O) groups is 1. The van der Waals surface area contributed by atoms with Gasteiger partial charge in [0.05, 0.1) is 5.60 Å². The van der Waals surface area contributed by atoms with Crippen molar-refractivity contribution in [2.45, 2.75) is 31.5 Å². The van der Waals surface area contributed by atoms with Crippen molar-refractivity contribution in [3.8, 4) is 0 Å². The standard InChI is InChI=1S/C26H34FN3O3/c1-3-12-26(33,23-8-10-24(27)11-9-23)13-14-30(25(31)32)20-22-7-5-4-6-21(22)19-29-17-15-28(2)16-18-29/h3-11,33H,1,12-20H2,2H3,(H,31,32). The summed E-state index contributed by atoms with van der Waals surface area (Å²) in [7, 11) is 2.12. The molecule has 1 aliphatic heterocycles. The summed E-state index contributed by atoms with van der Waals surface area (Å²) in [5, 5.41) is 21.1. The second kappa shape index (κ2) is 11.4. The molecule has 1 saturated heterocycles. The van der Waals surface area contributed by atoms with Gasteiger partial charge in [-0.05, 0) is 48.7 Å². The Morgan fingerprint density at radius 2 is 1.76 bits per heavy atom. The predicted molar refractivity (Wildman–Crippen MR) is 127 cm³/mol. The van der Waals surface area contributed by atoms with Crippen LogP contribution in [0.1, 0.15) is 29.5 Å². The van der Waals surface area contributed by atoms with Gasteiger partial charge in [-0.25, -0.2) is 9.18 Å². The average molecular weight is 456 g/mol. The maximum Gasteiger partial charge on any atom is 0.407 e. The number of benzene rings is 2. The van der Waals surface area contributed by atoms with Crippen LogP contribution in [0.5, 0.6) is 0 Å². The van der Waals surface area contributed by atoms with E-state index in [9.17, 15) is 19.4 Å². The third-order valence-corrected chi connectivity index (χ3v) is 6.40. The summed E-state index contributed by atoms with van der Waals surface area (Å²) in [6.07, 6.45) is 0.980. The van der Waals surface area contributed by atoms with Crippen LogP contribution in [0.2, 0.25) is 0 Å². The molecule has 1 fully saturated rings. The van der Waals surface area contributed by atoms with E-state index in [2.05, 4.69) is 29.5 Å². The lowest BCUT2D eigenvalue weighted by Gasteiger charge is -2.33. The van der Waals surface area contributed by atoms with Crippen LogP contribution in [0.4, 0.5) is 9.18 Å². The lowest BCUT2D eigenvalue weighted by molar-refractivity contribution is 0.0201. The van der Waals surface area contributed by atoms with Gasteiger partial charge in [0.2, 0.25) is 0 Å². The summed E-state index contributed by atoms with van der Waals surface area (Å²) >= 11 is 0. The van der Waals surface area contributed by atoms with E-state index in [-0.39, 0.29) is 31.7 Å². The van der Waals surface area contributed by atoms with Gasteiger partial charge in [0.15, 0.2) is 0 Å². The highest BCUT2D eigenvalue weighted by molar-refractivity contribution is 5.65. The van der Waals surface area contributed by atoms with Gasteiger partial charge in [-0.2, -0.15) is 0 Å². The number of rotatable bonds is 10. The fraction of sp³-hybridized carbons (Fsp3) is 0.423. The van der Waals surface area contributed by atoms with E-state index < -0.39 is 11.7 Å². The fourth-order valence-electron chi connectivity index (χ4n) is 4.24. The summed E-state index contributed by atoms with van der Waals surface area (Å²) in [5.74, 6) is -0.385. The molecule has 0 radical (unpaired) electrons. The van der Waals surface area contributed by atoms with Gasteiger partial charge in [0, 0.05) is 45.8 Å². The first-order valence-corrected chi connectivity index (χ1v) is 11.4. The van der Waals surface area contributed by atoms with Crippen LogP contribution in [0.3, 0.4) is 0 Å². The first kappa shape index (κ1) is 24.9. The predicted octanol–water partition coefficient (Wildman–Crippen LogP) is 3.91. The highest BCUT2D eigenvalue weighted by Gasteiger charge is 2.29. The second-order valence-electron chi connectivity index (χ2n) is 8.83. The summed E-state index contributed by atoms with van der Waals surface area (Å²) < 4.78 is 13.4. The van der Waals surface area contributed by atoms with E-state index in [0.29, 0.717) is 5.56 Å². The molecule has 0 bridgehead atoms. The van der Waals surface area contributed by atoms with E-state index >= 15 is 0 Å². The molecule has 1 atom stereocenters. The van der Waals surface area contributed by atoms with Crippen molar-refractivity contribution in [1.82, 2.24) is 14.7 Å². The molecule has 2 aromatic carbocycles. The van der Waals surface area contributed by atoms with E-state index in [0.717, 1.165) is 43.9 Å². The number of amides is 1. The molecule has 3 rings (SSSR count). The maximum absolute atomic E-state index is 13.4. The molecule has 6 nitrogen and oxygen atoms in total. The zero-order valence-electron chi connectivity index (χ0n) is 19.3. The van der Waals surface area contributed by atoms with E-state index in [1.165, 1.54) is 29.2 Å². The largest absolute Gasteiger partial charge is 0.465 e. The van der Waals surface area contributed by atoms with Gasteiger partial charge in [-0.1, -0.05) is 42.5 Å². The third-order valence-electron chi connectivity index (χ3n) is 6.40. The summed E-state index contributed by atoms with van der Waals surface area (Å²) in [6, 6.07) is 13.6. The van der Waals surface area contributed by atoms with E-state index in [1.807, 2.05) is 18.2 Å². The SMILES string of the molecule is C=CCC(O)(CCN(Cc1ccccc1CN1CCN(C)CC1)C(=O)O)c1ccc(F)cc1. The van der Waals surface area contributed by atoms with Crippen LogP contribution < -0.4 is 0 Å². The molecule has 7 heteroatoms. The molecule has 1 heterocycles.